The maximum Gasteiger partial charge on any atom is 0.223 e. The molecule has 2 saturated heterocycles. The zero-order valence-electron chi connectivity index (χ0n) is 16.7. The third-order valence-corrected chi connectivity index (χ3v) is 6.22. The molecule has 2 aliphatic heterocycles. The van der Waals surface area contributed by atoms with Crippen molar-refractivity contribution < 1.29 is 9.18 Å². The van der Waals surface area contributed by atoms with E-state index >= 15 is 0 Å². The van der Waals surface area contributed by atoms with E-state index in [1.54, 1.807) is 0 Å². The molecule has 0 saturated carbocycles. The molecule has 1 amide bonds. The molecule has 2 N–H and O–H groups in total. The Labute approximate surface area is 165 Å². The van der Waals surface area contributed by atoms with Crippen LogP contribution in [0.3, 0.4) is 0 Å². The number of rotatable bonds is 4. The number of fused-ring (bicyclic) bond motifs is 1. The number of nitrogens with zero attached hydrogens (tertiary/aromatic N) is 2. The summed E-state index contributed by atoms with van der Waals surface area (Å²) in [7, 11) is 0. The van der Waals surface area contributed by atoms with Gasteiger partial charge in [0.1, 0.15) is 5.67 Å². The highest BCUT2D eigenvalue weighted by Crippen LogP contribution is 2.32. The number of halogens is 1. The average molecular weight is 384 g/mol. The molecule has 0 spiro atoms. The maximum atomic E-state index is 14.8. The number of carbonyl (C=O) groups excluding carboxylic acids is 1. The molecule has 28 heavy (non-hydrogen) atoms. The number of carbonyl (C=O) groups is 1. The molecule has 2 aromatic rings. The van der Waals surface area contributed by atoms with Gasteiger partial charge in [0, 0.05) is 30.4 Å². The fraction of sp³-hybridized carbons (Fsp3) is 0.545. The first-order valence-corrected chi connectivity index (χ1v) is 10.2. The number of amides is 1. The zero-order chi connectivity index (χ0) is 19.7. The number of pyridine rings is 1. The van der Waals surface area contributed by atoms with Crippen LogP contribution in [0.15, 0.2) is 30.5 Å². The van der Waals surface area contributed by atoms with Crippen LogP contribution in [0.5, 0.6) is 0 Å². The van der Waals surface area contributed by atoms with E-state index in [4.69, 9.17) is 0 Å². The van der Waals surface area contributed by atoms with Crippen LogP contribution in [0.4, 0.5) is 10.1 Å². The van der Waals surface area contributed by atoms with Gasteiger partial charge in [-0.3, -0.25) is 9.78 Å². The molecule has 0 radical (unpaired) electrons. The highest BCUT2D eigenvalue weighted by molar-refractivity contribution is 5.94. The van der Waals surface area contributed by atoms with Crippen molar-refractivity contribution in [2.24, 2.45) is 5.92 Å². The molecule has 1 aromatic carbocycles. The molecule has 0 bridgehead atoms. The molecule has 5 nitrogen and oxygen atoms in total. The van der Waals surface area contributed by atoms with Crippen LogP contribution in [0.1, 0.15) is 31.7 Å². The molecule has 150 valence electrons. The number of aryl methyl sites for hydroxylation is 1. The van der Waals surface area contributed by atoms with Crippen molar-refractivity contribution in [3.8, 4) is 0 Å². The van der Waals surface area contributed by atoms with Crippen molar-refractivity contribution in [3.63, 3.8) is 0 Å². The second-order valence-electron chi connectivity index (χ2n) is 8.44. The Kier molecular flexibility index (Phi) is 5.23. The summed E-state index contributed by atoms with van der Waals surface area (Å²) in [6.07, 6.45) is 2.61. The Morgan fingerprint density at radius 3 is 2.89 bits per heavy atom. The lowest BCUT2D eigenvalue weighted by atomic mass is 9.90. The molecule has 2 atom stereocenters. The minimum absolute atomic E-state index is 0.0325. The van der Waals surface area contributed by atoms with Crippen LogP contribution < -0.4 is 15.5 Å². The van der Waals surface area contributed by atoms with E-state index < -0.39 is 5.67 Å². The summed E-state index contributed by atoms with van der Waals surface area (Å²) in [5.41, 5.74) is 1.96. The van der Waals surface area contributed by atoms with Gasteiger partial charge in [-0.15, -0.1) is 0 Å². The van der Waals surface area contributed by atoms with E-state index in [1.807, 2.05) is 12.3 Å². The summed E-state index contributed by atoms with van der Waals surface area (Å²) in [4.78, 5) is 19.4. The van der Waals surface area contributed by atoms with Crippen LogP contribution in [0.2, 0.25) is 0 Å². The Balaban J connectivity index is 1.45. The summed E-state index contributed by atoms with van der Waals surface area (Å²) in [5.74, 6) is 0.138. The fourth-order valence-electron chi connectivity index (χ4n) is 4.52. The quantitative estimate of drug-likeness (QED) is 0.851. The molecule has 6 heteroatoms. The summed E-state index contributed by atoms with van der Waals surface area (Å²) in [6.45, 7) is 7.11. The Morgan fingerprint density at radius 1 is 1.32 bits per heavy atom. The van der Waals surface area contributed by atoms with E-state index in [0.29, 0.717) is 31.8 Å². The molecular formula is C22H29FN4O. The SMILES string of the molecule is Cc1ccc(N2C[C@@H](C)[C@@H](NC(=O)CC3(F)CCNCC3)C2)c2cccnc12. The standard InChI is InChI=1S/C22H29FN4O/c1-15-5-6-19(17-4-3-9-25-21(15)17)27-13-16(2)18(14-27)26-20(28)12-22(23)7-10-24-11-8-22/h3-6,9,16,18,24H,7-8,10-14H2,1-2H3,(H,26,28)/t16-,18+/m1/s1. The lowest BCUT2D eigenvalue weighted by molar-refractivity contribution is -0.125. The highest BCUT2D eigenvalue weighted by atomic mass is 19.1. The predicted molar refractivity (Wildman–Crippen MR) is 110 cm³/mol. The summed E-state index contributed by atoms with van der Waals surface area (Å²) in [6, 6.07) is 8.34. The third kappa shape index (κ3) is 3.83. The average Bonchev–Trinajstić information content (AvgIpc) is 3.02. The van der Waals surface area contributed by atoms with Gasteiger partial charge in [0.05, 0.1) is 18.0 Å². The number of benzene rings is 1. The molecule has 2 aliphatic rings. The number of alkyl halides is 1. The smallest absolute Gasteiger partial charge is 0.223 e. The van der Waals surface area contributed by atoms with Crippen LogP contribution in [-0.2, 0) is 4.79 Å². The number of aromatic nitrogens is 1. The van der Waals surface area contributed by atoms with Crippen LogP contribution >= 0.6 is 0 Å². The van der Waals surface area contributed by atoms with Gasteiger partial charge in [-0.05, 0) is 62.5 Å². The van der Waals surface area contributed by atoms with Crippen molar-refractivity contribution in [1.29, 1.82) is 0 Å². The maximum absolute atomic E-state index is 14.8. The zero-order valence-corrected chi connectivity index (χ0v) is 16.7. The van der Waals surface area contributed by atoms with Gasteiger partial charge >= 0.3 is 0 Å². The minimum Gasteiger partial charge on any atom is -0.369 e. The third-order valence-electron chi connectivity index (χ3n) is 6.22. The van der Waals surface area contributed by atoms with E-state index in [2.05, 4.69) is 52.6 Å². The topological polar surface area (TPSA) is 57.3 Å². The molecule has 0 aliphatic carbocycles. The first-order chi connectivity index (χ1) is 13.5. The van der Waals surface area contributed by atoms with Gasteiger partial charge in [-0.25, -0.2) is 4.39 Å². The lowest BCUT2D eigenvalue weighted by Gasteiger charge is -2.30. The largest absolute Gasteiger partial charge is 0.369 e. The molecule has 4 rings (SSSR count). The predicted octanol–water partition coefficient (Wildman–Crippen LogP) is 2.97. The summed E-state index contributed by atoms with van der Waals surface area (Å²) >= 11 is 0. The first-order valence-electron chi connectivity index (χ1n) is 10.2. The van der Waals surface area contributed by atoms with Crippen molar-refractivity contribution in [2.45, 2.75) is 44.8 Å². The normalized spacial score (nSPS) is 24.5. The monoisotopic (exact) mass is 384 g/mol. The molecule has 2 fully saturated rings. The summed E-state index contributed by atoms with van der Waals surface area (Å²) in [5, 5.41) is 7.39. The van der Waals surface area contributed by atoms with E-state index in [1.165, 1.54) is 0 Å². The van der Waals surface area contributed by atoms with Crippen molar-refractivity contribution >= 4 is 22.5 Å². The van der Waals surface area contributed by atoms with Crippen LogP contribution in [0, 0.1) is 12.8 Å². The van der Waals surface area contributed by atoms with Gasteiger partial charge in [-0.1, -0.05) is 13.0 Å². The fourth-order valence-corrected chi connectivity index (χ4v) is 4.52. The minimum atomic E-state index is -1.37. The Bertz CT molecular complexity index is 865. The Morgan fingerprint density at radius 2 is 2.11 bits per heavy atom. The summed E-state index contributed by atoms with van der Waals surface area (Å²) < 4.78 is 14.8. The molecular weight excluding hydrogens is 355 g/mol. The van der Waals surface area contributed by atoms with Crippen LogP contribution in [0.25, 0.3) is 10.9 Å². The van der Waals surface area contributed by atoms with Gasteiger partial charge in [0.2, 0.25) is 5.91 Å². The highest BCUT2D eigenvalue weighted by Gasteiger charge is 2.37. The van der Waals surface area contributed by atoms with E-state index in [9.17, 15) is 9.18 Å². The number of nitrogens with one attached hydrogen (secondary N) is 2. The van der Waals surface area contributed by atoms with E-state index in [0.717, 1.165) is 35.2 Å². The van der Waals surface area contributed by atoms with Crippen molar-refractivity contribution in [3.05, 3.63) is 36.0 Å². The molecule has 3 heterocycles. The number of anilines is 1. The Hall–Kier alpha value is -2.21. The number of hydrogen-bond acceptors (Lipinski definition) is 4. The van der Waals surface area contributed by atoms with Gasteiger partial charge in [0.25, 0.3) is 0 Å². The molecule has 1 aromatic heterocycles. The van der Waals surface area contributed by atoms with Gasteiger partial charge in [0.15, 0.2) is 0 Å². The second-order valence-corrected chi connectivity index (χ2v) is 8.44. The first kappa shape index (κ1) is 19.1. The van der Waals surface area contributed by atoms with Crippen molar-refractivity contribution in [2.75, 3.05) is 31.1 Å². The van der Waals surface area contributed by atoms with Gasteiger partial charge in [-0.2, -0.15) is 0 Å². The lowest BCUT2D eigenvalue weighted by Crippen LogP contribution is -2.46. The van der Waals surface area contributed by atoms with Gasteiger partial charge < -0.3 is 15.5 Å². The second kappa shape index (κ2) is 7.66. The number of hydrogen-bond donors (Lipinski definition) is 2. The number of piperidine rings is 1. The van der Waals surface area contributed by atoms with E-state index in [-0.39, 0.29) is 18.4 Å². The molecule has 0 unspecified atom stereocenters. The van der Waals surface area contributed by atoms with Crippen LogP contribution in [-0.4, -0.2) is 48.8 Å². The van der Waals surface area contributed by atoms with Crippen molar-refractivity contribution in [1.82, 2.24) is 15.6 Å².